The van der Waals surface area contributed by atoms with Gasteiger partial charge in [0.15, 0.2) is 0 Å². The van der Waals surface area contributed by atoms with Gasteiger partial charge in [0.1, 0.15) is 0 Å². The van der Waals surface area contributed by atoms with Crippen molar-refractivity contribution in [2.45, 2.75) is 52.5 Å². The van der Waals surface area contributed by atoms with Gasteiger partial charge < -0.3 is 4.57 Å². The molecular formula is C13H21N. The summed E-state index contributed by atoms with van der Waals surface area (Å²) in [6.45, 7) is 6.78. The third-order valence-electron chi connectivity index (χ3n) is 3.77. The molecule has 0 saturated heterocycles. The normalized spacial score (nSPS) is 19.4. The monoisotopic (exact) mass is 191 g/mol. The number of rotatable bonds is 3. The molecule has 2 rings (SSSR count). The lowest BCUT2D eigenvalue weighted by Gasteiger charge is -2.36. The first-order valence-corrected chi connectivity index (χ1v) is 5.88. The van der Waals surface area contributed by atoms with Crippen LogP contribution in [0.2, 0.25) is 0 Å². The lowest BCUT2D eigenvalue weighted by Crippen LogP contribution is -2.26. The smallest absolute Gasteiger partial charge is 0.0361 e. The van der Waals surface area contributed by atoms with E-state index < -0.39 is 0 Å². The zero-order valence-electron chi connectivity index (χ0n) is 9.59. The molecule has 1 heterocycles. The minimum atomic E-state index is 0.763. The van der Waals surface area contributed by atoms with Gasteiger partial charge >= 0.3 is 0 Å². The molecule has 0 bridgehead atoms. The largest absolute Gasteiger partial charge is 0.346 e. The molecular weight excluding hydrogens is 170 g/mol. The van der Waals surface area contributed by atoms with E-state index in [1.54, 1.807) is 0 Å². The fourth-order valence-corrected chi connectivity index (χ4v) is 2.75. The second kappa shape index (κ2) is 3.80. The summed E-state index contributed by atoms with van der Waals surface area (Å²) < 4.78 is 2.55. The molecule has 1 fully saturated rings. The SMILES string of the molecule is CCC(C1CCC1)n1c(C)ccc1C. The summed E-state index contributed by atoms with van der Waals surface area (Å²) in [5.41, 5.74) is 2.86. The fourth-order valence-electron chi connectivity index (χ4n) is 2.75. The molecule has 0 N–H and O–H groups in total. The summed E-state index contributed by atoms with van der Waals surface area (Å²) >= 11 is 0. The highest BCUT2D eigenvalue weighted by molar-refractivity contribution is 5.15. The predicted molar refractivity (Wildman–Crippen MR) is 60.6 cm³/mol. The fraction of sp³-hybridized carbons (Fsp3) is 0.692. The highest BCUT2D eigenvalue weighted by atomic mass is 15.0. The minimum absolute atomic E-state index is 0.763. The number of aryl methyl sites for hydroxylation is 2. The van der Waals surface area contributed by atoms with Crippen molar-refractivity contribution in [3.8, 4) is 0 Å². The third-order valence-corrected chi connectivity index (χ3v) is 3.77. The van der Waals surface area contributed by atoms with Crippen molar-refractivity contribution in [1.82, 2.24) is 4.57 Å². The Bertz CT molecular complexity index is 288. The van der Waals surface area contributed by atoms with E-state index in [0.717, 1.165) is 12.0 Å². The van der Waals surface area contributed by atoms with E-state index in [9.17, 15) is 0 Å². The van der Waals surface area contributed by atoms with E-state index in [1.807, 2.05) is 0 Å². The van der Waals surface area contributed by atoms with Crippen LogP contribution in [0.5, 0.6) is 0 Å². The third kappa shape index (κ3) is 1.49. The number of nitrogens with zero attached hydrogens (tertiary/aromatic N) is 1. The van der Waals surface area contributed by atoms with Crippen LogP contribution in [0.15, 0.2) is 12.1 Å². The summed E-state index contributed by atoms with van der Waals surface area (Å²) in [5, 5.41) is 0. The lowest BCUT2D eigenvalue weighted by molar-refractivity contribution is 0.200. The van der Waals surface area contributed by atoms with Gasteiger partial charge in [0.25, 0.3) is 0 Å². The molecule has 1 aromatic heterocycles. The second-order valence-corrected chi connectivity index (χ2v) is 4.65. The molecule has 1 heteroatoms. The Hall–Kier alpha value is -0.720. The van der Waals surface area contributed by atoms with Crippen LogP contribution in [0, 0.1) is 19.8 Å². The molecule has 1 unspecified atom stereocenters. The van der Waals surface area contributed by atoms with Gasteiger partial charge in [-0.1, -0.05) is 13.3 Å². The first-order valence-electron chi connectivity index (χ1n) is 5.88. The molecule has 78 valence electrons. The van der Waals surface area contributed by atoms with E-state index >= 15 is 0 Å². The van der Waals surface area contributed by atoms with Crippen molar-refractivity contribution < 1.29 is 0 Å². The van der Waals surface area contributed by atoms with Crippen LogP contribution in [-0.2, 0) is 0 Å². The first-order chi connectivity index (χ1) is 6.74. The molecule has 1 aliphatic rings. The van der Waals surface area contributed by atoms with Crippen molar-refractivity contribution in [2.75, 3.05) is 0 Å². The molecule has 1 saturated carbocycles. The highest BCUT2D eigenvalue weighted by Gasteiger charge is 2.28. The molecule has 0 aromatic carbocycles. The summed E-state index contributed by atoms with van der Waals surface area (Å²) in [6.07, 6.45) is 5.60. The number of hydrogen-bond donors (Lipinski definition) is 0. The van der Waals surface area contributed by atoms with E-state index in [-0.39, 0.29) is 0 Å². The average molecular weight is 191 g/mol. The highest BCUT2D eigenvalue weighted by Crippen LogP contribution is 2.39. The summed E-state index contributed by atoms with van der Waals surface area (Å²) in [7, 11) is 0. The van der Waals surface area contributed by atoms with Gasteiger partial charge in [-0.3, -0.25) is 0 Å². The molecule has 0 aliphatic heterocycles. The maximum absolute atomic E-state index is 2.55. The van der Waals surface area contributed by atoms with Crippen LogP contribution >= 0.6 is 0 Å². The average Bonchev–Trinajstić information content (AvgIpc) is 2.40. The Labute approximate surface area is 87.1 Å². The van der Waals surface area contributed by atoms with Gasteiger partial charge in [-0.25, -0.2) is 0 Å². The van der Waals surface area contributed by atoms with E-state index in [0.29, 0.717) is 0 Å². The van der Waals surface area contributed by atoms with Crippen molar-refractivity contribution in [2.24, 2.45) is 5.92 Å². The van der Waals surface area contributed by atoms with E-state index in [1.165, 1.54) is 37.1 Å². The van der Waals surface area contributed by atoms with Crippen LogP contribution < -0.4 is 0 Å². The van der Waals surface area contributed by atoms with Crippen LogP contribution in [0.3, 0.4) is 0 Å². The second-order valence-electron chi connectivity index (χ2n) is 4.65. The van der Waals surface area contributed by atoms with E-state index in [2.05, 4.69) is 37.5 Å². The standard InChI is InChI=1S/C13H21N/c1-4-13(12-6-5-7-12)14-10(2)8-9-11(14)3/h8-9,12-13H,4-7H2,1-3H3. The van der Waals surface area contributed by atoms with Crippen molar-refractivity contribution >= 4 is 0 Å². The Morgan fingerprint density at radius 1 is 1.29 bits per heavy atom. The summed E-state index contributed by atoms with van der Waals surface area (Å²) in [6, 6.07) is 5.26. The number of aromatic nitrogens is 1. The van der Waals surface area contributed by atoms with E-state index in [4.69, 9.17) is 0 Å². The van der Waals surface area contributed by atoms with Crippen molar-refractivity contribution in [3.05, 3.63) is 23.5 Å². The minimum Gasteiger partial charge on any atom is -0.346 e. The summed E-state index contributed by atoms with van der Waals surface area (Å²) in [5.74, 6) is 0.949. The van der Waals surface area contributed by atoms with Gasteiger partial charge in [0, 0.05) is 17.4 Å². The molecule has 1 aromatic rings. The zero-order valence-corrected chi connectivity index (χ0v) is 9.59. The number of hydrogen-bond acceptors (Lipinski definition) is 0. The molecule has 14 heavy (non-hydrogen) atoms. The Balaban J connectivity index is 2.25. The van der Waals surface area contributed by atoms with Crippen molar-refractivity contribution in [1.29, 1.82) is 0 Å². The quantitative estimate of drug-likeness (QED) is 0.683. The maximum Gasteiger partial charge on any atom is 0.0361 e. The molecule has 1 nitrogen and oxygen atoms in total. The summed E-state index contributed by atoms with van der Waals surface area (Å²) in [4.78, 5) is 0. The Kier molecular flexibility index (Phi) is 2.66. The first kappa shape index (κ1) is 9.82. The van der Waals surface area contributed by atoms with Crippen LogP contribution in [-0.4, -0.2) is 4.57 Å². The lowest BCUT2D eigenvalue weighted by atomic mass is 9.78. The van der Waals surface area contributed by atoms with Gasteiger partial charge in [-0.15, -0.1) is 0 Å². The zero-order chi connectivity index (χ0) is 10.1. The van der Waals surface area contributed by atoms with Crippen LogP contribution in [0.4, 0.5) is 0 Å². The maximum atomic E-state index is 2.55. The predicted octanol–water partition coefficient (Wildman–Crippen LogP) is 3.86. The van der Waals surface area contributed by atoms with Gasteiger partial charge in [-0.2, -0.15) is 0 Å². The van der Waals surface area contributed by atoms with Gasteiger partial charge in [-0.05, 0) is 51.2 Å². The molecule has 0 amide bonds. The molecule has 1 atom stereocenters. The topological polar surface area (TPSA) is 4.93 Å². The molecule has 1 aliphatic carbocycles. The Morgan fingerprint density at radius 2 is 1.86 bits per heavy atom. The molecule has 0 spiro atoms. The van der Waals surface area contributed by atoms with Gasteiger partial charge in [0.05, 0.1) is 0 Å². The Morgan fingerprint density at radius 3 is 2.21 bits per heavy atom. The van der Waals surface area contributed by atoms with Crippen LogP contribution in [0.1, 0.15) is 50.0 Å². The van der Waals surface area contributed by atoms with Crippen LogP contribution in [0.25, 0.3) is 0 Å². The van der Waals surface area contributed by atoms with Crippen molar-refractivity contribution in [3.63, 3.8) is 0 Å². The molecule has 0 radical (unpaired) electrons. The van der Waals surface area contributed by atoms with Gasteiger partial charge in [0.2, 0.25) is 0 Å².